The first-order chi connectivity index (χ1) is 14.3. The minimum Gasteiger partial charge on any atom is -0.454 e. The molecular formula is C20H20N6O3. The Morgan fingerprint density at radius 1 is 0.931 bits per heavy atom. The number of ether oxygens (including phenoxy) is 2. The molecule has 148 valence electrons. The Kier molecular flexibility index (Phi) is 4.39. The Hall–Kier alpha value is -3.75. The van der Waals surface area contributed by atoms with Gasteiger partial charge in [0, 0.05) is 56.4 Å². The molecular weight excluding hydrogens is 372 g/mol. The zero-order valence-electron chi connectivity index (χ0n) is 15.7. The molecule has 0 saturated carbocycles. The Labute approximate surface area is 167 Å². The monoisotopic (exact) mass is 392 g/mol. The standard InChI is InChI=1S/C20H20N6O3/c27-20(23-15-3-4-16-17(11-15)29-14-28-16)26-9-7-25(8-10-26)19-12-18(21-13-22-19)24-5-1-2-6-24/h1-6,11-13H,7-10,14H2,(H,23,27). The number of benzene rings is 1. The van der Waals surface area contributed by atoms with Gasteiger partial charge >= 0.3 is 6.03 Å². The molecule has 9 heteroatoms. The molecule has 2 aliphatic heterocycles. The predicted octanol–water partition coefficient (Wildman–Crippen LogP) is 2.35. The molecule has 2 aromatic heterocycles. The Balaban J connectivity index is 1.20. The lowest BCUT2D eigenvalue weighted by Gasteiger charge is -2.35. The van der Waals surface area contributed by atoms with Crippen LogP contribution in [0.4, 0.5) is 16.3 Å². The number of fused-ring (bicyclic) bond motifs is 1. The molecule has 1 fully saturated rings. The van der Waals surface area contributed by atoms with Gasteiger partial charge in [-0.25, -0.2) is 14.8 Å². The molecule has 1 saturated heterocycles. The fourth-order valence-electron chi connectivity index (χ4n) is 3.45. The maximum absolute atomic E-state index is 12.6. The highest BCUT2D eigenvalue weighted by Crippen LogP contribution is 2.34. The summed E-state index contributed by atoms with van der Waals surface area (Å²) in [6.07, 6.45) is 5.47. The SMILES string of the molecule is O=C(Nc1ccc2c(c1)OCO2)N1CCN(c2cc(-n3cccc3)ncn2)CC1. The van der Waals surface area contributed by atoms with Gasteiger partial charge in [-0.3, -0.25) is 0 Å². The highest BCUT2D eigenvalue weighted by atomic mass is 16.7. The fraction of sp³-hybridized carbons (Fsp3) is 0.250. The van der Waals surface area contributed by atoms with Crippen LogP contribution in [0.3, 0.4) is 0 Å². The second-order valence-corrected chi connectivity index (χ2v) is 6.80. The van der Waals surface area contributed by atoms with Crippen LogP contribution in [0.25, 0.3) is 5.82 Å². The molecule has 0 atom stereocenters. The molecule has 0 bridgehead atoms. The van der Waals surface area contributed by atoms with Gasteiger partial charge in [-0.15, -0.1) is 0 Å². The summed E-state index contributed by atoms with van der Waals surface area (Å²) >= 11 is 0. The van der Waals surface area contributed by atoms with E-state index in [1.165, 1.54) is 0 Å². The van der Waals surface area contributed by atoms with Gasteiger partial charge in [0.05, 0.1) is 0 Å². The van der Waals surface area contributed by atoms with Crippen LogP contribution in [-0.2, 0) is 0 Å². The van der Waals surface area contributed by atoms with E-state index in [0.29, 0.717) is 43.4 Å². The molecule has 29 heavy (non-hydrogen) atoms. The number of nitrogens with one attached hydrogen (secondary N) is 1. The summed E-state index contributed by atoms with van der Waals surface area (Å²) in [7, 11) is 0. The third-order valence-electron chi connectivity index (χ3n) is 5.02. The molecule has 5 rings (SSSR count). The average molecular weight is 392 g/mol. The topological polar surface area (TPSA) is 84.8 Å². The number of urea groups is 1. The van der Waals surface area contributed by atoms with Crippen molar-refractivity contribution in [3.63, 3.8) is 0 Å². The molecule has 0 aliphatic carbocycles. The Morgan fingerprint density at radius 2 is 1.69 bits per heavy atom. The van der Waals surface area contributed by atoms with Crippen molar-refractivity contribution in [1.29, 1.82) is 0 Å². The number of aromatic nitrogens is 3. The second kappa shape index (κ2) is 7.34. The van der Waals surface area contributed by atoms with E-state index < -0.39 is 0 Å². The molecule has 2 aliphatic rings. The normalized spacial score (nSPS) is 15.4. The largest absolute Gasteiger partial charge is 0.454 e. The van der Waals surface area contributed by atoms with Crippen LogP contribution in [0.1, 0.15) is 0 Å². The average Bonchev–Trinajstić information content (AvgIpc) is 3.46. The number of nitrogens with zero attached hydrogens (tertiary/aromatic N) is 5. The zero-order chi connectivity index (χ0) is 19.6. The van der Waals surface area contributed by atoms with Crippen molar-refractivity contribution in [1.82, 2.24) is 19.4 Å². The van der Waals surface area contributed by atoms with E-state index in [4.69, 9.17) is 9.47 Å². The van der Waals surface area contributed by atoms with E-state index in [2.05, 4.69) is 20.2 Å². The van der Waals surface area contributed by atoms with Gasteiger partial charge in [0.1, 0.15) is 18.0 Å². The van der Waals surface area contributed by atoms with Gasteiger partial charge in [0.15, 0.2) is 11.5 Å². The number of anilines is 2. The predicted molar refractivity (Wildman–Crippen MR) is 107 cm³/mol. The minimum atomic E-state index is -0.126. The van der Waals surface area contributed by atoms with Crippen molar-refractivity contribution in [2.75, 3.05) is 43.2 Å². The summed E-state index contributed by atoms with van der Waals surface area (Å²) in [4.78, 5) is 25.3. The zero-order valence-corrected chi connectivity index (χ0v) is 15.7. The summed E-state index contributed by atoms with van der Waals surface area (Å²) in [5, 5.41) is 2.93. The first kappa shape index (κ1) is 17.4. The molecule has 0 radical (unpaired) electrons. The van der Waals surface area contributed by atoms with Gasteiger partial charge < -0.3 is 29.2 Å². The first-order valence-electron chi connectivity index (χ1n) is 9.42. The third kappa shape index (κ3) is 3.54. The molecule has 1 N–H and O–H groups in total. The molecule has 2 amide bonds. The quantitative estimate of drug-likeness (QED) is 0.737. The molecule has 1 aromatic carbocycles. The summed E-state index contributed by atoms with van der Waals surface area (Å²) in [5.41, 5.74) is 0.689. The number of piperazine rings is 1. The lowest BCUT2D eigenvalue weighted by molar-refractivity contribution is 0.174. The molecule has 9 nitrogen and oxygen atoms in total. The van der Waals surface area contributed by atoms with Gasteiger partial charge in [0.2, 0.25) is 6.79 Å². The molecule has 0 unspecified atom stereocenters. The number of carbonyl (C=O) groups is 1. The van der Waals surface area contributed by atoms with Crippen LogP contribution in [0.2, 0.25) is 0 Å². The Morgan fingerprint density at radius 3 is 2.52 bits per heavy atom. The van der Waals surface area contributed by atoms with Gasteiger partial charge in [-0.2, -0.15) is 0 Å². The maximum atomic E-state index is 12.6. The number of rotatable bonds is 3. The van der Waals surface area contributed by atoms with E-state index in [-0.39, 0.29) is 12.8 Å². The van der Waals surface area contributed by atoms with Crippen LogP contribution in [-0.4, -0.2) is 58.4 Å². The summed E-state index contributed by atoms with van der Waals surface area (Å²) < 4.78 is 12.6. The van der Waals surface area contributed by atoms with Crippen LogP contribution in [0.5, 0.6) is 11.5 Å². The van der Waals surface area contributed by atoms with Crippen molar-refractivity contribution >= 4 is 17.5 Å². The van der Waals surface area contributed by atoms with Crippen molar-refractivity contribution in [3.8, 4) is 17.3 Å². The maximum Gasteiger partial charge on any atom is 0.321 e. The van der Waals surface area contributed by atoms with E-state index >= 15 is 0 Å². The second-order valence-electron chi connectivity index (χ2n) is 6.80. The van der Waals surface area contributed by atoms with Crippen molar-refractivity contribution < 1.29 is 14.3 Å². The van der Waals surface area contributed by atoms with Crippen molar-refractivity contribution in [3.05, 3.63) is 55.1 Å². The first-order valence-corrected chi connectivity index (χ1v) is 9.42. The molecule has 4 heterocycles. The Bertz CT molecular complexity index is 1010. The van der Waals surface area contributed by atoms with E-state index in [9.17, 15) is 4.79 Å². The van der Waals surface area contributed by atoms with E-state index in [1.54, 1.807) is 23.4 Å². The van der Waals surface area contributed by atoms with E-state index in [0.717, 1.165) is 11.6 Å². The summed E-state index contributed by atoms with van der Waals surface area (Å²) in [6.45, 7) is 2.84. The third-order valence-corrected chi connectivity index (χ3v) is 5.02. The minimum absolute atomic E-state index is 0.126. The van der Waals surface area contributed by atoms with E-state index in [1.807, 2.05) is 41.2 Å². The number of amides is 2. The van der Waals surface area contributed by atoms with Crippen LogP contribution in [0.15, 0.2) is 55.1 Å². The van der Waals surface area contributed by atoms with Gasteiger partial charge in [-0.05, 0) is 24.3 Å². The highest BCUT2D eigenvalue weighted by Gasteiger charge is 2.23. The number of hydrogen-bond acceptors (Lipinski definition) is 6. The van der Waals surface area contributed by atoms with Gasteiger partial charge in [-0.1, -0.05) is 0 Å². The number of carbonyl (C=O) groups excluding carboxylic acids is 1. The molecule has 3 aromatic rings. The molecule has 0 spiro atoms. The smallest absolute Gasteiger partial charge is 0.321 e. The highest BCUT2D eigenvalue weighted by molar-refractivity contribution is 5.90. The van der Waals surface area contributed by atoms with Crippen molar-refractivity contribution in [2.24, 2.45) is 0 Å². The lowest BCUT2D eigenvalue weighted by atomic mass is 10.2. The summed E-state index contributed by atoms with van der Waals surface area (Å²) in [5.74, 6) is 3.03. The van der Waals surface area contributed by atoms with Crippen LogP contribution < -0.4 is 19.7 Å². The number of hydrogen-bond donors (Lipinski definition) is 1. The fourth-order valence-corrected chi connectivity index (χ4v) is 3.45. The van der Waals surface area contributed by atoms with Crippen LogP contribution in [0, 0.1) is 0 Å². The lowest BCUT2D eigenvalue weighted by Crippen LogP contribution is -2.50. The summed E-state index contributed by atoms with van der Waals surface area (Å²) in [6, 6.07) is 11.1. The van der Waals surface area contributed by atoms with Crippen molar-refractivity contribution in [2.45, 2.75) is 0 Å². The van der Waals surface area contributed by atoms with Crippen LogP contribution >= 0.6 is 0 Å². The van der Waals surface area contributed by atoms with Gasteiger partial charge in [0.25, 0.3) is 0 Å².